The van der Waals surface area contributed by atoms with Crippen molar-refractivity contribution in [2.45, 2.75) is 26.7 Å². The van der Waals surface area contributed by atoms with Crippen molar-refractivity contribution >= 4 is 23.2 Å². The highest BCUT2D eigenvalue weighted by atomic mass is 35.5. The molecule has 2 aromatic carbocycles. The van der Waals surface area contributed by atoms with Gasteiger partial charge < -0.3 is 14.8 Å². The zero-order valence-corrected chi connectivity index (χ0v) is 14.9. The molecule has 5 heteroatoms. The minimum absolute atomic E-state index is 0.0604. The summed E-state index contributed by atoms with van der Waals surface area (Å²) in [5.41, 5.74) is 2.72. The van der Waals surface area contributed by atoms with Crippen LogP contribution in [0.5, 0.6) is 11.5 Å². The maximum absolute atomic E-state index is 12.1. The summed E-state index contributed by atoms with van der Waals surface area (Å²) < 4.78 is 10.9. The highest BCUT2D eigenvalue weighted by Crippen LogP contribution is 2.25. The molecule has 1 N–H and O–H groups in total. The maximum Gasteiger partial charge on any atom is 0.224 e. The van der Waals surface area contributed by atoms with Crippen LogP contribution < -0.4 is 14.8 Å². The van der Waals surface area contributed by atoms with Gasteiger partial charge in [-0.15, -0.1) is 0 Å². The van der Waals surface area contributed by atoms with Crippen molar-refractivity contribution in [1.29, 1.82) is 0 Å². The van der Waals surface area contributed by atoms with Crippen LogP contribution >= 0.6 is 11.6 Å². The standard InChI is InChI=1S/C19H22ClNO3/c1-13-6-9-18(23-3)17(11-13)21-19(22)5-4-10-24-15-7-8-16(20)14(2)12-15/h6-9,11-12H,4-5,10H2,1-3H3,(H,21,22). The fourth-order valence-electron chi connectivity index (χ4n) is 2.26. The Balaban J connectivity index is 1.79. The molecule has 1 amide bonds. The van der Waals surface area contributed by atoms with Crippen LogP contribution in [0.15, 0.2) is 36.4 Å². The first kappa shape index (κ1) is 18.1. The summed E-state index contributed by atoms with van der Waals surface area (Å²) >= 11 is 5.98. The van der Waals surface area contributed by atoms with Crippen molar-refractivity contribution in [2.24, 2.45) is 0 Å². The zero-order chi connectivity index (χ0) is 17.5. The molecule has 0 aliphatic carbocycles. The molecule has 0 radical (unpaired) electrons. The van der Waals surface area contributed by atoms with Crippen molar-refractivity contribution in [3.05, 3.63) is 52.5 Å². The van der Waals surface area contributed by atoms with Crippen LogP contribution in [-0.2, 0) is 4.79 Å². The van der Waals surface area contributed by atoms with E-state index in [9.17, 15) is 4.79 Å². The largest absolute Gasteiger partial charge is 0.495 e. The lowest BCUT2D eigenvalue weighted by molar-refractivity contribution is -0.116. The van der Waals surface area contributed by atoms with Crippen LogP contribution in [0.1, 0.15) is 24.0 Å². The van der Waals surface area contributed by atoms with E-state index in [1.807, 2.05) is 50.2 Å². The molecule has 0 fully saturated rings. The molecule has 24 heavy (non-hydrogen) atoms. The fourth-order valence-corrected chi connectivity index (χ4v) is 2.38. The Hall–Kier alpha value is -2.20. The average molecular weight is 348 g/mol. The predicted octanol–water partition coefficient (Wildman–Crippen LogP) is 4.76. The molecule has 0 unspecified atom stereocenters. The number of carbonyl (C=O) groups is 1. The molecule has 2 aromatic rings. The smallest absolute Gasteiger partial charge is 0.224 e. The van der Waals surface area contributed by atoms with Gasteiger partial charge in [0.25, 0.3) is 0 Å². The number of aryl methyl sites for hydroxylation is 2. The van der Waals surface area contributed by atoms with Crippen molar-refractivity contribution < 1.29 is 14.3 Å². The Kier molecular flexibility index (Phi) is 6.50. The van der Waals surface area contributed by atoms with E-state index >= 15 is 0 Å². The van der Waals surface area contributed by atoms with E-state index in [4.69, 9.17) is 21.1 Å². The van der Waals surface area contributed by atoms with E-state index < -0.39 is 0 Å². The van der Waals surface area contributed by atoms with Gasteiger partial charge in [-0.3, -0.25) is 4.79 Å². The molecule has 2 rings (SSSR count). The molecule has 0 aromatic heterocycles. The van der Waals surface area contributed by atoms with Crippen LogP contribution in [0.25, 0.3) is 0 Å². The van der Waals surface area contributed by atoms with Crippen molar-refractivity contribution in [3.63, 3.8) is 0 Å². The number of halogens is 1. The Labute approximate surface area is 147 Å². The number of benzene rings is 2. The van der Waals surface area contributed by atoms with E-state index in [1.54, 1.807) is 7.11 Å². The normalized spacial score (nSPS) is 10.3. The third-order valence-electron chi connectivity index (χ3n) is 3.58. The lowest BCUT2D eigenvalue weighted by Crippen LogP contribution is -2.13. The van der Waals surface area contributed by atoms with Gasteiger partial charge in [0.15, 0.2) is 0 Å². The molecule has 0 bridgehead atoms. The first-order valence-corrected chi connectivity index (χ1v) is 8.21. The number of hydrogen-bond donors (Lipinski definition) is 1. The van der Waals surface area contributed by atoms with Crippen molar-refractivity contribution in [3.8, 4) is 11.5 Å². The van der Waals surface area contributed by atoms with Gasteiger partial charge in [0.2, 0.25) is 5.91 Å². The molecule has 0 aliphatic rings. The van der Waals surface area contributed by atoms with Crippen molar-refractivity contribution in [1.82, 2.24) is 0 Å². The van der Waals surface area contributed by atoms with Gasteiger partial charge in [-0.25, -0.2) is 0 Å². The Morgan fingerprint density at radius 2 is 1.96 bits per heavy atom. The molecule has 0 saturated heterocycles. The van der Waals surface area contributed by atoms with E-state index in [1.165, 1.54) is 0 Å². The van der Waals surface area contributed by atoms with Crippen molar-refractivity contribution in [2.75, 3.05) is 19.0 Å². The van der Waals surface area contributed by atoms with E-state index in [-0.39, 0.29) is 5.91 Å². The van der Waals surface area contributed by atoms with Gasteiger partial charge in [-0.2, -0.15) is 0 Å². The lowest BCUT2D eigenvalue weighted by Gasteiger charge is -2.11. The number of methoxy groups -OCH3 is 1. The molecule has 0 atom stereocenters. The average Bonchev–Trinajstić information content (AvgIpc) is 2.55. The highest BCUT2D eigenvalue weighted by molar-refractivity contribution is 6.31. The second kappa shape index (κ2) is 8.60. The van der Waals surface area contributed by atoms with Crippen LogP contribution in [-0.4, -0.2) is 19.6 Å². The first-order chi connectivity index (χ1) is 11.5. The summed E-state index contributed by atoms with van der Waals surface area (Å²) in [5.74, 6) is 1.36. The van der Waals surface area contributed by atoms with Crippen LogP contribution in [0, 0.1) is 13.8 Å². The van der Waals surface area contributed by atoms with Gasteiger partial charge in [0.1, 0.15) is 11.5 Å². The van der Waals surface area contributed by atoms with E-state index in [0.717, 1.165) is 16.9 Å². The molecule has 0 spiro atoms. The van der Waals surface area contributed by atoms with Gasteiger partial charge in [-0.1, -0.05) is 17.7 Å². The maximum atomic E-state index is 12.1. The summed E-state index contributed by atoms with van der Waals surface area (Å²) in [4.78, 5) is 12.1. The van der Waals surface area contributed by atoms with Crippen LogP contribution in [0.2, 0.25) is 5.02 Å². The number of amides is 1. The predicted molar refractivity (Wildman–Crippen MR) is 97.3 cm³/mol. The summed E-state index contributed by atoms with van der Waals surface area (Å²) in [6.07, 6.45) is 1.01. The topological polar surface area (TPSA) is 47.6 Å². The summed E-state index contributed by atoms with van der Waals surface area (Å²) in [7, 11) is 1.59. The quantitative estimate of drug-likeness (QED) is 0.734. The number of rotatable bonds is 7. The Morgan fingerprint density at radius 3 is 2.67 bits per heavy atom. The van der Waals surface area contributed by atoms with Gasteiger partial charge >= 0.3 is 0 Å². The third-order valence-corrected chi connectivity index (χ3v) is 4.00. The minimum Gasteiger partial charge on any atom is -0.495 e. The van der Waals surface area contributed by atoms with E-state index in [2.05, 4.69) is 5.32 Å². The highest BCUT2D eigenvalue weighted by Gasteiger charge is 2.08. The van der Waals surface area contributed by atoms with E-state index in [0.29, 0.717) is 35.9 Å². The molecule has 128 valence electrons. The fraction of sp³-hybridized carbons (Fsp3) is 0.316. The summed E-state index contributed by atoms with van der Waals surface area (Å²) in [5, 5.41) is 3.60. The second-order valence-corrected chi connectivity index (χ2v) is 6.02. The number of ether oxygens (including phenoxy) is 2. The number of carbonyl (C=O) groups excluding carboxylic acids is 1. The van der Waals surface area contributed by atoms with Crippen LogP contribution in [0.3, 0.4) is 0 Å². The van der Waals surface area contributed by atoms with Gasteiger partial charge in [0, 0.05) is 11.4 Å². The lowest BCUT2D eigenvalue weighted by atomic mass is 10.2. The Bertz CT molecular complexity index is 716. The molecular formula is C19H22ClNO3. The molecular weight excluding hydrogens is 326 g/mol. The summed E-state index contributed by atoms with van der Waals surface area (Å²) in [6.45, 7) is 4.37. The SMILES string of the molecule is COc1ccc(C)cc1NC(=O)CCCOc1ccc(Cl)c(C)c1. The molecule has 0 saturated carbocycles. The van der Waals surface area contributed by atoms with Crippen LogP contribution in [0.4, 0.5) is 5.69 Å². The van der Waals surface area contributed by atoms with Gasteiger partial charge in [0.05, 0.1) is 19.4 Å². The first-order valence-electron chi connectivity index (χ1n) is 7.83. The second-order valence-electron chi connectivity index (χ2n) is 5.61. The molecule has 4 nitrogen and oxygen atoms in total. The Morgan fingerprint density at radius 1 is 1.17 bits per heavy atom. The number of nitrogens with one attached hydrogen (secondary N) is 1. The zero-order valence-electron chi connectivity index (χ0n) is 14.2. The third kappa shape index (κ3) is 5.17. The summed E-state index contributed by atoms with van der Waals surface area (Å²) in [6, 6.07) is 11.2. The minimum atomic E-state index is -0.0604. The number of hydrogen-bond acceptors (Lipinski definition) is 3. The number of anilines is 1. The monoisotopic (exact) mass is 347 g/mol. The molecule has 0 heterocycles. The van der Waals surface area contributed by atoms with Gasteiger partial charge in [-0.05, 0) is 61.7 Å². The molecule has 0 aliphatic heterocycles.